The van der Waals surface area contributed by atoms with Crippen LogP contribution < -0.4 is 4.74 Å². The zero-order chi connectivity index (χ0) is 13.0. The molecule has 1 N–H and O–H groups in total. The van der Waals surface area contributed by atoms with Crippen molar-refractivity contribution < 1.29 is 19.4 Å². The number of nitrogens with zero attached hydrogens (tertiary/aromatic N) is 1. The van der Waals surface area contributed by atoms with E-state index in [1.165, 1.54) is 11.0 Å². The summed E-state index contributed by atoms with van der Waals surface area (Å²) in [6.45, 7) is 1.57. The van der Waals surface area contributed by atoms with Gasteiger partial charge < -0.3 is 14.7 Å². The molecule has 0 aliphatic carbocycles. The van der Waals surface area contributed by atoms with Crippen LogP contribution in [0.2, 0.25) is 0 Å². The third-order valence-corrected chi connectivity index (χ3v) is 2.28. The van der Waals surface area contributed by atoms with Crippen molar-refractivity contribution in [2.24, 2.45) is 0 Å². The van der Waals surface area contributed by atoms with Crippen LogP contribution in [0.5, 0.6) is 5.75 Å². The second-order valence-corrected chi connectivity index (χ2v) is 3.83. The molecule has 1 aromatic carbocycles. The highest BCUT2D eigenvalue weighted by atomic mass is 16.5. The molecule has 17 heavy (non-hydrogen) atoms. The standard InChI is InChI=1S/C12H15NO4/c1-8-5-4-6-9(12(15)16)11(8)17-7-10(14)13(2)3/h4-6H,7H2,1-3H3,(H,15,16). The maximum atomic E-state index is 11.4. The van der Waals surface area contributed by atoms with Crippen molar-refractivity contribution in [2.45, 2.75) is 6.92 Å². The van der Waals surface area contributed by atoms with E-state index in [1.54, 1.807) is 33.2 Å². The Labute approximate surface area is 99.6 Å². The van der Waals surface area contributed by atoms with Gasteiger partial charge in [-0.3, -0.25) is 4.79 Å². The summed E-state index contributed by atoms with van der Waals surface area (Å²) in [6.07, 6.45) is 0. The SMILES string of the molecule is Cc1cccc(C(=O)O)c1OCC(=O)N(C)C. The minimum absolute atomic E-state index is 0.0663. The molecule has 0 aromatic heterocycles. The van der Waals surface area contributed by atoms with Gasteiger partial charge in [-0.25, -0.2) is 4.79 Å². The molecule has 0 aliphatic rings. The van der Waals surface area contributed by atoms with Gasteiger partial charge >= 0.3 is 5.97 Å². The highest BCUT2D eigenvalue weighted by Gasteiger charge is 2.15. The third kappa shape index (κ3) is 3.21. The number of para-hydroxylation sites is 1. The molecule has 0 fully saturated rings. The monoisotopic (exact) mass is 237 g/mol. The molecule has 5 nitrogen and oxygen atoms in total. The van der Waals surface area contributed by atoms with Crippen molar-refractivity contribution in [1.29, 1.82) is 0 Å². The van der Waals surface area contributed by atoms with Crippen molar-refractivity contribution in [3.63, 3.8) is 0 Å². The normalized spacial score (nSPS) is 9.82. The fourth-order valence-electron chi connectivity index (χ4n) is 1.28. The lowest BCUT2D eigenvalue weighted by Gasteiger charge is -2.14. The average molecular weight is 237 g/mol. The van der Waals surface area contributed by atoms with E-state index >= 15 is 0 Å². The van der Waals surface area contributed by atoms with Crippen LogP contribution in [0.15, 0.2) is 18.2 Å². The minimum Gasteiger partial charge on any atom is -0.483 e. The lowest BCUT2D eigenvalue weighted by Crippen LogP contribution is -2.28. The minimum atomic E-state index is -1.07. The van der Waals surface area contributed by atoms with E-state index in [-0.39, 0.29) is 23.8 Å². The molecule has 1 rings (SSSR count). The Balaban J connectivity index is 2.90. The van der Waals surface area contributed by atoms with Crippen molar-refractivity contribution in [3.05, 3.63) is 29.3 Å². The van der Waals surface area contributed by atoms with Crippen LogP contribution in [0.25, 0.3) is 0 Å². The maximum Gasteiger partial charge on any atom is 0.339 e. The first-order valence-electron chi connectivity index (χ1n) is 5.09. The Bertz CT molecular complexity index is 440. The van der Waals surface area contributed by atoms with Crippen molar-refractivity contribution >= 4 is 11.9 Å². The number of benzene rings is 1. The van der Waals surface area contributed by atoms with E-state index in [0.29, 0.717) is 5.56 Å². The summed E-state index contributed by atoms with van der Waals surface area (Å²) < 4.78 is 5.28. The van der Waals surface area contributed by atoms with Crippen LogP contribution in [0.3, 0.4) is 0 Å². The lowest BCUT2D eigenvalue weighted by molar-refractivity contribution is -0.130. The van der Waals surface area contributed by atoms with Crippen molar-refractivity contribution in [2.75, 3.05) is 20.7 Å². The molecule has 0 aliphatic heterocycles. The molecule has 0 heterocycles. The van der Waals surface area contributed by atoms with Crippen LogP contribution >= 0.6 is 0 Å². The van der Waals surface area contributed by atoms with E-state index in [2.05, 4.69) is 0 Å². The Morgan fingerprint density at radius 2 is 2.00 bits per heavy atom. The van der Waals surface area contributed by atoms with E-state index < -0.39 is 5.97 Å². The zero-order valence-corrected chi connectivity index (χ0v) is 10.1. The van der Waals surface area contributed by atoms with Crippen LogP contribution in [0, 0.1) is 6.92 Å². The quantitative estimate of drug-likeness (QED) is 0.853. The Hall–Kier alpha value is -2.04. The number of carbonyl (C=O) groups excluding carboxylic acids is 1. The molecular formula is C12H15NO4. The average Bonchev–Trinajstić information content (AvgIpc) is 2.26. The summed E-state index contributed by atoms with van der Waals surface area (Å²) in [4.78, 5) is 23.7. The summed E-state index contributed by atoms with van der Waals surface area (Å²) >= 11 is 0. The maximum absolute atomic E-state index is 11.4. The summed E-state index contributed by atoms with van der Waals surface area (Å²) in [5.74, 6) is -1.04. The fourth-order valence-corrected chi connectivity index (χ4v) is 1.28. The summed E-state index contributed by atoms with van der Waals surface area (Å²) in [6, 6.07) is 4.83. The summed E-state index contributed by atoms with van der Waals surface area (Å²) in [5, 5.41) is 8.99. The van der Waals surface area contributed by atoms with Gasteiger partial charge in [-0.2, -0.15) is 0 Å². The van der Waals surface area contributed by atoms with Gasteiger partial charge in [0.25, 0.3) is 5.91 Å². The Morgan fingerprint density at radius 1 is 1.35 bits per heavy atom. The van der Waals surface area contributed by atoms with Crippen LogP contribution in [-0.2, 0) is 4.79 Å². The van der Waals surface area contributed by atoms with Crippen LogP contribution in [0.1, 0.15) is 15.9 Å². The Morgan fingerprint density at radius 3 is 2.53 bits per heavy atom. The van der Waals surface area contributed by atoms with Gasteiger partial charge in [-0.15, -0.1) is 0 Å². The molecule has 1 aromatic rings. The molecule has 0 saturated carbocycles. The number of likely N-dealkylation sites (N-methyl/N-ethyl adjacent to an activating group) is 1. The van der Waals surface area contributed by atoms with Gasteiger partial charge in [0.2, 0.25) is 0 Å². The van der Waals surface area contributed by atoms with Crippen LogP contribution in [0.4, 0.5) is 0 Å². The summed E-state index contributed by atoms with van der Waals surface area (Å²) in [5.41, 5.74) is 0.757. The molecule has 0 unspecified atom stereocenters. The number of carboxylic acids is 1. The number of hydrogen-bond donors (Lipinski definition) is 1. The first kappa shape index (κ1) is 13.0. The molecule has 92 valence electrons. The second kappa shape index (κ2) is 5.34. The molecule has 0 spiro atoms. The smallest absolute Gasteiger partial charge is 0.339 e. The van der Waals surface area contributed by atoms with Crippen molar-refractivity contribution in [1.82, 2.24) is 4.90 Å². The van der Waals surface area contributed by atoms with E-state index in [1.807, 2.05) is 0 Å². The predicted molar refractivity (Wildman–Crippen MR) is 62.3 cm³/mol. The fraction of sp³-hybridized carbons (Fsp3) is 0.333. The number of carbonyl (C=O) groups is 2. The van der Waals surface area contributed by atoms with Gasteiger partial charge in [0.05, 0.1) is 0 Å². The predicted octanol–water partition coefficient (Wildman–Crippen LogP) is 1.16. The van der Waals surface area contributed by atoms with Gasteiger partial charge in [0.15, 0.2) is 6.61 Å². The molecule has 0 bridgehead atoms. The Kier molecular flexibility index (Phi) is 4.09. The molecule has 0 radical (unpaired) electrons. The number of aryl methyl sites for hydroxylation is 1. The first-order valence-corrected chi connectivity index (χ1v) is 5.09. The number of rotatable bonds is 4. The molecule has 5 heteroatoms. The van der Waals surface area contributed by atoms with Gasteiger partial charge in [0, 0.05) is 14.1 Å². The first-order chi connectivity index (χ1) is 7.93. The van der Waals surface area contributed by atoms with Crippen molar-refractivity contribution in [3.8, 4) is 5.75 Å². The van der Waals surface area contributed by atoms with Crippen LogP contribution in [-0.4, -0.2) is 42.6 Å². The van der Waals surface area contributed by atoms with Gasteiger partial charge in [-0.05, 0) is 18.6 Å². The molecule has 1 amide bonds. The third-order valence-electron chi connectivity index (χ3n) is 2.28. The van der Waals surface area contributed by atoms with Gasteiger partial charge in [0.1, 0.15) is 11.3 Å². The van der Waals surface area contributed by atoms with E-state index in [4.69, 9.17) is 9.84 Å². The largest absolute Gasteiger partial charge is 0.483 e. The highest BCUT2D eigenvalue weighted by Crippen LogP contribution is 2.23. The molecular weight excluding hydrogens is 222 g/mol. The van der Waals surface area contributed by atoms with E-state index in [9.17, 15) is 9.59 Å². The van der Waals surface area contributed by atoms with Gasteiger partial charge in [-0.1, -0.05) is 12.1 Å². The zero-order valence-electron chi connectivity index (χ0n) is 10.1. The summed E-state index contributed by atoms with van der Waals surface area (Å²) in [7, 11) is 3.23. The van der Waals surface area contributed by atoms with E-state index in [0.717, 1.165) is 0 Å². The lowest BCUT2D eigenvalue weighted by atomic mass is 10.1. The number of amides is 1. The highest BCUT2D eigenvalue weighted by molar-refractivity contribution is 5.91. The molecule has 0 saturated heterocycles. The number of carboxylic acid groups (broad SMARTS) is 1. The molecule has 0 atom stereocenters. The second-order valence-electron chi connectivity index (χ2n) is 3.83. The number of hydrogen-bond acceptors (Lipinski definition) is 3. The topological polar surface area (TPSA) is 66.8 Å². The number of ether oxygens (including phenoxy) is 1. The number of aromatic carboxylic acids is 1.